The van der Waals surface area contributed by atoms with Crippen molar-refractivity contribution in [3.8, 4) is 0 Å². The van der Waals surface area contributed by atoms with Crippen LogP contribution in [0, 0.1) is 0 Å². The van der Waals surface area contributed by atoms with Gasteiger partial charge in [0.05, 0.1) is 11.8 Å². The van der Waals surface area contributed by atoms with E-state index in [9.17, 15) is 4.79 Å². The molecule has 3 aromatic rings. The van der Waals surface area contributed by atoms with E-state index < -0.39 is 0 Å². The lowest BCUT2D eigenvalue weighted by Gasteiger charge is -2.14. The molecule has 0 saturated heterocycles. The van der Waals surface area contributed by atoms with Gasteiger partial charge in [0.2, 0.25) is 5.91 Å². The zero-order valence-electron chi connectivity index (χ0n) is 15.5. The van der Waals surface area contributed by atoms with Crippen LogP contribution in [-0.4, -0.2) is 25.9 Å². The van der Waals surface area contributed by atoms with E-state index in [4.69, 9.17) is 11.6 Å². The molecule has 4 rings (SSSR count). The first-order valence-corrected chi connectivity index (χ1v) is 10.6. The first-order valence-electron chi connectivity index (χ1n) is 9.30. The third kappa shape index (κ3) is 4.56. The molecule has 1 fully saturated rings. The summed E-state index contributed by atoms with van der Waals surface area (Å²) in [5.74, 6) is 1.42. The number of hydrogen-bond acceptors (Lipinski definition) is 4. The summed E-state index contributed by atoms with van der Waals surface area (Å²) in [6, 6.07) is 17.4. The van der Waals surface area contributed by atoms with Gasteiger partial charge in [-0.3, -0.25) is 4.79 Å². The van der Waals surface area contributed by atoms with Crippen LogP contribution < -0.4 is 5.32 Å². The first kappa shape index (κ1) is 19.0. The first-order chi connectivity index (χ1) is 13.6. The molecule has 1 aliphatic rings. The van der Waals surface area contributed by atoms with Crippen LogP contribution in [0.2, 0.25) is 5.02 Å². The highest BCUT2D eigenvalue weighted by Crippen LogP contribution is 2.40. The van der Waals surface area contributed by atoms with Crippen molar-refractivity contribution in [2.24, 2.45) is 0 Å². The Morgan fingerprint density at radius 1 is 1.21 bits per heavy atom. The van der Waals surface area contributed by atoms with Crippen LogP contribution in [0.4, 0.5) is 5.69 Å². The fraction of sp³-hybridized carbons (Fsp3) is 0.286. The summed E-state index contributed by atoms with van der Waals surface area (Å²) in [6.07, 6.45) is 2.31. The standard InChI is InChI=1S/C21H21ClN4OS/c1-14(20(27)23-18-9-5-8-17(22)12-18)28-21-25-24-19(16-10-11-16)26(21)13-15-6-3-2-4-7-15/h2-9,12,14,16H,10-11,13H2,1H3,(H,23,27)/t14-/m1/s1. The predicted octanol–water partition coefficient (Wildman–Crippen LogP) is 4.98. The number of carbonyl (C=O) groups excluding carboxylic acids is 1. The normalized spacial score (nSPS) is 14.6. The highest BCUT2D eigenvalue weighted by Gasteiger charge is 2.31. The zero-order valence-corrected chi connectivity index (χ0v) is 17.1. The molecule has 0 radical (unpaired) electrons. The van der Waals surface area contributed by atoms with E-state index in [0.29, 0.717) is 23.2 Å². The van der Waals surface area contributed by atoms with Crippen molar-refractivity contribution in [2.75, 3.05) is 5.32 Å². The number of anilines is 1. The fourth-order valence-corrected chi connectivity index (χ4v) is 4.01. The minimum Gasteiger partial charge on any atom is -0.325 e. The maximum Gasteiger partial charge on any atom is 0.237 e. The fourth-order valence-electron chi connectivity index (χ4n) is 2.97. The number of nitrogens with zero attached hydrogens (tertiary/aromatic N) is 3. The van der Waals surface area contributed by atoms with Crippen molar-refractivity contribution in [2.45, 2.75) is 42.6 Å². The van der Waals surface area contributed by atoms with E-state index in [-0.39, 0.29) is 11.2 Å². The number of benzene rings is 2. The van der Waals surface area contributed by atoms with E-state index in [1.165, 1.54) is 17.3 Å². The number of hydrogen-bond donors (Lipinski definition) is 1. The topological polar surface area (TPSA) is 59.8 Å². The zero-order chi connectivity index (χ0) is 19.5. The van der Waals surface area contributed by atoms with Crippen molar-refractivity contribution in [1.29, 1.82) is 0 Å². The molecule has 144 valence electrons. The quantitative estimate of drug-likeness (QED) is 0.556. The monoisotopic (exact) mass is 412 g/mol. The van der Waals surface area contributed by atoms with Gasteiger partial charge in [0.1, 0.15) is 5.82 Å². The SMILES string of the molecule is C[C@@H](Sc1nnc(C2CC2)n1Cc1ccccc1)C(=O)Nc1cccc(Cl)c1. The number of rotatable bonds is 7. The minimum atomic E-state index is -0.315. The van der Waals surface area contributed by atoms with Crippen LogP contribution in [0.1, 0.15) is 37.1 Å². The number of nitrogens with one attached hydrogen (secondary N) is 1. The maximum atomic E-state index is 12.6. The summed E-state index contributed by atoms with van der Waals surface area (Å²) in [4.78, 5) is 12.6. The number of aromatic nitrogens is 3. The third-order valence-corrected chi connectivity index (χ3v) is 5.93. The molecule has 0 unspecified atom stereocenters. The average molecular weight is 413 g/mol. The van der Waals surface area contributed by atoms with Gasteiger partial charge in [-0.05, 0) is 43.5 Å². The number of amides is 1. The van der Waals surface area contributed by atoms with Gasteiger partial charge in [-0.25, -0.2) is 0 Å². The molecule has 1 heterocycles. The predicted molar refractivity (Wildman–Crippen MR) is 113 cm³/mol. The van der Waals surface area contributed by atoms with Crippen molar-refractivity contribution < 1.29 is 4.79 Å². The van der Waals surface area contributed by atoms with E-state index in [1.54, 1.807) is 12.1 Å². The van der Waals surface area contributed by atoms with E-state index in [0.717, 1.165) is 23.8 Å². The molecule has 28 heavy (non-hydrogen) atoms. The van der Waals surface area contributed by atoms with Crippen LogP contribution in [0.25, 0.3) is 0 Å². The second kappa shape index (κ2) is 8.37. The lowest BCUT2D eigenvalue weighted by atomic mass is 10.2. The van der Waals surface area contributed by atoms with Crippen LogP contribution in [-0.2, 0) is 11.3 Å². The van der Waals surface area contributed by atoms with E-state index in [2.05, 4.69) is 32.2 Å². The highest BCUT2D eigenvalue weighted by atomic mass is 35.5. The largest absolute Gasteiger partial charge is 0.325 e. The molecular weight excluding hydrogens is 392 g/mol. The molecule has 1 atom stereocenters. The molecule has 5 nitrogen and oxygen atoms in total. The lowest BCUT2D eigenvalue weighted by Crippen LogP contribution is -2.23. The summed E-state index contributed by atoms with van der Waals surface area (Å²) >= 11 is 7.43. The van der Waals surface area contributed by atoms with Crippen molar-refractivity contribution in [3.05, 3.63) is 71.0 Å². The molecule has 2 aromatic carbocycles. The molecule has 1 saturated carbocycles. The molecule has 0 aliphatic heterocycles. The molecule has 0 bridgehead atoms. The Balaban J connectivity index is 1.50. The minimum absolute atomic E-state index is 0.0884. The Bertz CT molecular complexity index is 972. The summed E-state index contributed by atoms with van der Waals surface area (Å²) in [7, 11) is 0. The molecule has 0 spiro atoms. The maximum absolute atomic E-state index is 12.6. The average Bonchev–Trinajstić information content (AvgIpc) is 3.46. The van der Waals surface area contributed by atoms with Crippen molar-refractivity contribution in [1.82, 2.24) is 14.8 Å². The van der Waals surface area contributed by atoms with Crippen molar-refractivity contribution in [3.63, 3.8) is 0 Å². The highest BCUT2D eigenvalue weighted by molar-refractivity contribution is 8.00. The van der Waals surface area contributed by atoms with Gasteiger partial charge in [-0.1, -0.05) is 59.8 Å². The van der Waals surface area contributed by atoms with Gasteiger partial charge in [-0.15, -0.1) is 10.2 Å². The van der Waals surface area contributed by atoms with E-state index in [1.807, 2.05) is 37.3 Å². The Kier molecular flexibility index (Phi) is 5.69. The molecule has 1 aliphatic carbocycles. The van der Waals surface area contributed by atoms with Gasteiger partial charge in [0.15, 0.2) is 5.16 Å². The van der Waals surface area contributed by atoms with E-state index >= 15 is 0 Å². The van der Waals surface area contributed by atoms with Gasteiger partial charge in [0.25, 0.3) is 0 Å². The summed E-state index contributed by atoms with van der Waals surface area (Å²) < 4.78 is 2.15. The molecule has 1 amide bonds. The van der Waals surface area contributed by atoms with Crippen LogP contribution >= 0.6 is 23.4 Å². The summed E-state index contributed by atoms with van der Waals surface area (Å²) in [6.45, 7) is 2.59. The molecule has 1 N–H and O–H groups in total. The second-order valence-electron chi connectivity index (χ2n) is 6.95. The number of halogens is 1. The van der Waals surface area contributed by atoms with Gasteiger partial charge >= 0.3 is 0 Å². The Labute approximate surface area is 173 Å². The van der Waals surface area contributed by atoms with Crippen LogP contribution in [0.5, 0.6) is 0 Å². The molecule has 1 aromatic heterocycles. The Hall–Kier alpha value is -2.31. The van der Waals surface area contributed by atoms with Crippen LogP contribution in [0.3, 0.4) is 0 Å². The third-order valence-electron chi connectivity index (χ3n) is 4.62. The Morgan fingerprint density at radius 2 is 2.00 bits per heavy atom. The summed E-state index contributed by atoms with van der Waals surface area (Å²) in [5.41, 5.74) is 1.89. The molecule has 7 heteroatoms. The van der Waals surface area contributed by atoms with Gasteiger partial charge in [-0.2, -0.15) is 0 Å². The van der Waals surface area contributed by atoms with Gasteiger partial charge < -0.3 is 9.88 Å². The number of thioether (sulfide) groups is 1. The Morgan fingerprint density at radius 3 is 2.71 bits per heavy atom. The second-order valence-corrected chi connectivity index (χ2v) is 8.69. The summed E-state index contributed by atoms with van der Waals surface area (Å²) in [5, 5.41) is 12.8. The molecular formula is C21H21ClN4OS. The lowest BCUT2D eigenvalue weighted by molar-refractivity contribution is -0.115. The van der Waals surface area contributed by atoms with Crippen molar-refractivity contribution >= 4 is 35.0 Å². The van der Waals surface area contributed by atoms with Gasteiger partial charge in [0, 0.05) is 16.6 Å². The number of carbonyl (C=O) groups is 1. The smallest absolute Gasteiger partial charge is 0.237 e. The van der Waals surface area contributed by atoms with Crippen LogP contribution in [0.15, 0.2) is 59.8 Å².